The summed E-state index contributed by atoms with van der Waals surface area (Å²) in [5.74, 6) is -0.288. The fourth-order valence-corrected chi connectivity index (χ4v) is 4.21. The quantitative estimate of drug-likeness (QED) is 0.600. The van der Waals surface area contributed by atoms with E-state index in [4.69, 9.17) is 27.1 Å². The average molecular weight is 383 g/mol. The fraction of sp³-hybridized carbons (Fsp3) is 0.632. The molecule has 1 unspecified atom stereocenters. The van der Waals surface area contributed by atoms with E-state index < -0.39 is 11.9 Å². The second-order valence-corrected chi connectivity index (χ2v) is 8.18. The lowest BCUT2D eigenvalue weighted by atomic mass is 9.84. The van der Waals surface area contributed by atoms with Crippen molar-refractivity contribution in [1.29, 1.82) is 0 Å². The Morgan fingerprint density at radius 3 is 2.73 bits per heavy atom. The molecule has 0 aromatic heterocycles. The number of hydrogen-bond acceptors (Lipinski definition) is 5. The van der Waals surface area contributed by atoms with E-state index in [1.165, 1.54) is 0 Å². The van der Waals surface area contributed by atoms with Crippen LogP contribution in [0.1, 0.15) is 43.7 Å². The number of benzene rings is 1. The van der Waals surface area contributed by atoms with Crippen molar-refractivity contribution in [1.82, 2.24) is 4.90 Å². The molecule has 0 radical (unpaired) electrons. The second-order valence-electron chi connectivity index (χ2n) is 7.77. The molecule has 1 aromatic carbocycles. The largest absolute Gasteiger partial charge is 0.481 e. The molecule has 3 rings (SSSR count). The number of piperidine rings is 1. The highest BCUT2D eigenvalue weighted by atomic mass is 35.5. The molecule has 2 aliphatic rings. The molecule has 7 heteroatoms. The number of nitrogens with zero attached hydrogens (tertiary/aromatic N) is 1. The molecule has 1 saturated heterocycles. The highest BCUT2D eigenvalue weighted by molar-refractivity contribution is 6.33. The molecule has 0 saturated carbocycles. The van der Waals surface area contributed by atoms with E-state index >= 15 is 0 Å². The lowest BCUT2D eigenvalue weighted by molar-refractivity contribution is -0.222. The van der Waals surface area contributed by atoms with E-state index in [2.05, 4.69) is 18.7 Å². The first-order valence-corrected chi connectivity index (χ1v) is 9.60. The monoisotopic (exact) mass is 382 g/mol. The van der Waals surface area contributed by atoms with Crippen LogP contribution in [0.4, 0.5) is 5.69 Å². The van der Waals surface area contributed by atoms with Crippen LogP contribution in [0.15, 0.2) is 6.07 Å². The zero-order valence-electron chi connectivity index (χ0n) is 15.3. The van der Waals surface area contributed by atoms with Crippen molar-refractivity contribution in [2.24, 2.45) is 11.8 Å². The summed E-state index contributed by atoms with van der Waals surface area (Å²) >= 11 is 6.26. The first-order chi connectivity index (χ1) is 12.4. The van der Waals surface area contributed by atoms with Gasteiger partial charge < -0.3 is 20.6 Å². The zero-order valence-corrected chi connectivity index (χ0v) is 16.1. The predicted octanol–water partition coefficient (Wildman–Crippen LogP) is 3.32. The van der Waals surface area contributed by atoms with Gasteiger partial charge in [0.25, 0.3) is 0 Å². The van der Waals surface area contributed by atoms with E-state index in [9.17, 15) is 9.90 Å². The van der Waals surface area contributed by atoms with Crippen molar-refractivity contribution in [2.45, 2.75) is 39.0 Å². The number of nitrogen functional groups attached to an aromatic ring is 1. The smallest absolute Gasteiger partial charge is 0.313 e. The molecule has 1 aromatic rings. The number of rotatable bonds is 5. The molecule has 26 heavy (non-hydrogen) atoms. The summed E-state index contributed by atoms with van der Waals surface area (Å²) in [6, 6.07) is 1.81. The van der Waals surface area contributed by atoms with Crippen LogP contribution in [0, 0.1) is 11.8 Å². The van der Waals surface area contributed by atoms with Crippen molar-refractivity contribution in [3.63, 3.8) is 0 Å². The maximum atomic E-state index is 11.7. The molecule has 0 bridgehead atoms. The number of carboxylic acids is 1. The molecule has 2 aliphatic heterocycles. The lowest BCUT2D eigenvalue weighted by Crippen LogP contribution is -2.36. The third-order valence-electron chi connectivity index (χ3n) is 5.26. The highest BCUT2D eigenvalue weighted by Gasteiger charge is 2.35. The van der Waals surface area contributed by atoms with Crippen LogP contribution < -0.4 is 10.6 Å². The van der Waals surface area contributed by atoms with Crippen LogP contribution >= 0.6 is 11.6 Å². The Morgan fingerprint density at radius 1 is 1.42 bits per heavy atom. The highest BCUT2D eigenvalue weighted by Crippen LogP contribution is 2.44. The summed E-state index contributed by atoms with van der Waals surface area (Å²) in [6.07, 6.45) is 2.97. The molecule has 0 spiro atoms. The van der Waals surface area contributed by atoms with Crippen molar-refractivity contribution >= 4 is 23.3 Å². The Labute approximate surface area is 159 Å². The van der Waals surface area contributed by atoms with Crippen molar-refractivity contribution in [3.8, 4) is 5.75 Å². The summed E-state index contributed by atoms with van der Waals surface area (Å²) < 4.78 is 0. The molecule has 144 valence electrons. The van der Waals surface area contributed by atoms with E-state index in [0.29, 0.717) is 22.4 Å². The standard InChI is InChI=1S/C19H27ClN2O4/c1-11(2)9-22-5-3-12(4-6-22)7-13-8-15(20)17(21)18-16(13)14(19(23)24)10-25-26-18/h8,11-12,14H,3-7,9-10,21H2,1-2H3,(H,23,24). The van der Waals surface area contributed by atoms with Crippen molar-refractivity contribution in [3.05, 3.63) is 22.2 Å². The lowest BCUT2D eigenvalue weighted by Gasteiger charge is -2.34. The minimum absolute atomic E-state index is 0.0246. The van der Waals surface area contributed by atoms with Gasteiger partial charge in [0.15, 0.2) is 5.75 Å². The number of hydrogen-bond donors (Lipinski definition) is 2. The number of likely N-dealkylation sites (tertiary alicyclic amines) is 1. The van der Waals surface area contributed by atoms with Crippen LogP contribution in [0.3, 0.4) is 0 Å². The number of halogens is 1. The van der Waals surface area contributed by atoms with Crippen LogP contribution in [-0.2, 0) is 16.1 Å². The third-order valence-corrected chi connectivity index (χ3v) is 5.57. The normalized spacial score (nSPS) is 21.5. The minimum Gasteiger partial charge on any atom is -0.481 e. The molecule has 1 atom stereocenters. The predicted molar refractivity (Wildman–Crippen MR) is 101 cm³/mol. The summed E-state index contributed by atoms with van der Waals surface area (Å²) in [7, 11) is 0. The SMILES string of the molecule is CC(C)CN1CCC(Cc2cc(Cl)c(N)c3c2C(C(=O)O)COO3)CC1. The number of anilines is 1. The van der Waals surface area contributed by atoms with Gasteiger partial charge in [0.2, 0.25) is 0 Å². The Balaban J connectivity index is 1.80. The molecule has 3 N–H and O–H groups in total. The molecule has 6 nitrogen and oxygen atoms in total. The average Bonchev–Trinajstić information content (AvgIpc) is 2.60. The van der Waals surface area contributed by atoms with Gasteiger partial charge in [-0.15, -0.1) is 0 Å². The number of fused-ring (bicyclic) bond motifs is 1. The van der Waals surface area contributed by atoms with Gasteiger partial charge in [-0.3, -0.25) is 4.79 Å². The summed E-state index contributed by atoms with van der Waals surface area (Å²) in [5, 5.41) is 9.96. The maximum absolute atomic E-state index is 11.7. The van der Waals surface area contributed by atoms with Gasteiger partial charge in [0, 0.05) is 12.1 Å². The Bertz CT molecular complexity index is 672. The minimum atomic E-state index is -0.940. The van der Waals surface area contributed by atoms with E-state index in [1.54, 1.807) is 6.07 Å². The number of carboxylic acid groups (broad SMARTS) is 1. The van der Waals surface area contributed by atoms with Gasteiger partial charge >= 0.3 is 5.97 Å². The van der Waals surface area contributed by atoms with Gasteiger partial charge in [-0.05, 0) is 55.8 Å². The summed E-state index contributed by atoms with van der Waals surface area (Å²) in [5.41, 5.74) is 7.77. The van der Waals surface area contributed by atoms with Crippen LogP contribution in [0.5, 0.6) is 5.75 Å². The van der Waals surface area contributed by atoms with E-state index in [-0.39, 0.29) is 18.0 Å². The number of nitrogens with two attached hydrogens (primary N) is 1. The Morgan fingerprint density at radius 2 is 2.12 bits per heavy atom. The molecule has 2 heterocycles. The van der Waals surface area contributed by atoms with Gasteiger partial charge in [-0.1, -0.05) is 25.4 Å². The summed E-state index contributed by atoms with van der Waals surface area (Å²) in [6.45, 7) is 7.74. The van der Waals surface area contributed by atoms with E-state index in [1.807, 2.05) is 0 Å². The van der Waals surface area contributed by atoms with Crippen LogP contribution in [0.25, 0.3) is 0 Å². The molecule has 1 fully saturated rings. The number of carbonyl (C=O) groups is 1. The van der Waals surface area contributed by atoms with Crippen molar-refractivity contribution in [2.75, 3.05) is 32.0 Å². The molecular weight excluding hydrogens is 356 g/mol. The Kier molecular flexibility index (Phi) is 5.95. The van der Waals surface area contributed by atoms with Gasteiger partial charge in [-0.2, -0.15) is 4.89 Å². The fourth-order valence-electron chi connectivity index (χ4n) is 3.99. The van der Waals surface area contributed by atoms with Crippen molar-refractivity contribution < 1.29 is 19.7 Å². The van der Waals surface area contributed by atoms with Crippen LogP contribution in [-0.4, -0.2) is 42.2 Å². The summed E-state index contributed by atoms with van der Waals surface area (Å²) in [4.78, 5) is 24.4. The Hall–Kier alpha value is -1.50. The third kappa shape index (κ3) is 4.08. The van der Waals surface area contributed by atoms with E-state index in [0.717, 1.165) is 44.5 Å². The van der Waals surface area contributed by atoms with Crippen LogP contribution in [0.2, 0.25) is 5.02 Å². The maximum Gasteiger partial charge on any atom is 0.313 e. The first kappa shape index (κ1) is 19.3. The van der Waals surface area contributed by atoms with Gasteiger partial charge in [-0.25, -0.2) is 0 Å². The molecular formula is C19H27ClN2O4. The first-order valence-electron chi connectivity index (χ1n) is 9.22. The zero-order chi connectivity index (χ0) is 18.8. The number of aliphatic carboxylic acids is 1. The van der Waals surface area contributed by atoms with Gasteiger partial charge in [0.1, 0.15) is 12.5 Å². The second kappa shape index (κ2) is 8.03. The molecule has 0 amide bonds. The topological polar surface area (TPSA) is 85.0 Å². The molecule has 0 aliphatic carbocycles. The van der Waals surface area contributed by atoms with Gasteiger partial charge in [0.05, 0.1) is 10.7 Å².